The molecule has 0 unspecified atom stereocenters. The average Bonchev–Trinajstić information content (AvgIpc) is 3.05. The minimum atomic E-state index is 0.458. The summed E-state index contributed by atoms with van der Waals surface area (Å²) in [7, 11) is 0. The summed E-state index contributed by atoms with van der Waals surface area (Å²) in [6.45, 7) is 0.641. The van der Waals surface area contributed by atoms with Crippen molar-refractivity contribution in [3.8, 4) is 11.5 Å². The molecular formula is C12H11BrClN3O. The molecule has 1 N–H and O–H groups in total. The second-order valence-corrected chi connectivity index (χ2v) is 5.62. The first-order valence-electron chi connectivity index (χ1n) is 5.74. The Labute approximate surface area is 118 Å². The molecule has 1 heterocycles. The molecule has 0 amide bonds. The lowest BCUT2D eigenvalue weighted by Gasteiger charge is -1.98. The van der Waals surface area contributed by atoms with Crippen molar-refractivity contribution in [2.45, 2.75) is 25.4 Å². The molecule has 0 radical (unpaired) electrons. The topological polar surface area (TPSA) is 51.0 Å². The number of rotatable bonds is 4. The molecule has 94 valence electrons. The van der Waals surface area contributed by atoms with Crippen LogP contribution in [0.3, 0.4) is 0 Å². The predicted octanol–water partition coefficient (Wildman–Crippen LogP) is 3.40. The van der Waals surface area contributed by atoms with E-state index in [4.69, 9.17) is 16.1 Å². The highest BCUT2D eigenvalue weighted by atomic mass is 79.9. The molecule has 6 heteroatoms. The van der Waals surface area contributed by atoms with Crippen molar-refractivity contribution in [2.24, 2.45) is 0 Å². The Hall–Kier alpha value is -0.910. The zero-order chi connectivity index (χ0) is 12.5. The highest BCUT2D eigenvalue weighted by molar-refractivity contribution is 9.10. The summed E-state index contributed by atoms with van der Waals surface area (Å²) in [5.74, 6) is 1.12. The maximum Gasteiger partial charge on any atom is 0.259 e. The maximum absolute atomic E-state index is 6.14. The van der Waals surface area contributed by atoms with Crippen LogP contribution in [0.15, 0.2) is 27.2 Å². The van der Waals surface area contributed by atoms with Crippen LogP contribution in [0.5, 0.6) is 0 Å². The van der Waals surface area contributed by atoms with E-state index in [0.29, 0.717) is 29.3 Å². The Morgan fingerprint density at radius 2 is 2.28 bits per heavy atom. The quantitative estimate of drug-likeness (QED) is 0.934. The molecule has 1 aromatic heterocycles. The zero-order valence-electron chi connectivity index (χ0n) is 9.49. The summed E-state index contributed by atoms with van der Waals surface area (Å²) in [6.07, 6.45) is 2.48. The third-order valence-electron chi connectivity index (χ3n) is 2.76. The molecule has 0 atom stereocenters. The Bertz CT molecular complexity index is 568. The molecule has 18 heavy (non-hydrogen) atoms. The fraction of sp³-hybridized carbons (Fsp3) is 0.333. The largest absolute Gasteiger partial charge is 0.334 e. The number of halogens is 2. The number of nitrogens with one attached hydrogen (secondary N) is 1. The molecule has 1 aliphatic carbocycles. The van der Waals surface area contributed by atoms with E-state index in [9.17, 15) is 0 Å². The Morgan fingerprint density at radius 3 is 3.00 bits per heavy atom. The smallest absolute Gasteiger partial charge is 0.259 e. The molecule has 0 aliphatic heterocycles. The van der Waals surface area contributed by atoms with E-state index in [1.807, 2.05) is 18.2 Å². The van der Waals surface area contributed by atoms with Gasteiger partial charge >= 0.3 is 0 Å². The van der Waals surface area contributed by atoms with Crippen LogP contribution in [0, 0.1) is 0 Å². The van der Waals surface area contributed by atoms with Gasteiger partial charge in [0.1, 0.15) is 0 Å². The number of nitrogens with zero attached hydrogens (tertiary/aromatic N) is 2. The fourth-order valence-corrected chi connectivity index (χ4v) is 2.38. The molecule has 4 nitrogen and oxygen atoms in total. The van der Waals surface area contributed by atoms with Gasteiger partial charge in [0, 0.05) is 10.5 Å². The van der Waals surface area contributed by atoms with Gasteiger partial charge in [0.25, 0.3) is 5.89 Å². The number of aromatic nitrogens is 2. The summed E-state index contributed by atoms with van der Waals surface area (Å²) in [5, 5.41) is 7.87. The third kappa shape index (κ3) is 2.74. The first kappa shape index (κ1) is 12.1. The summed E-state index contributed by atoms with van der Waals surface area (Å²) >= 11 is 9.50. The highest BCUT2D eigenvalue weighted by Crippen LogP contribution is 2.29. The average molecular weight is 329 g/mol. The van der Waals surface area contributed by atoms with Gasteiger partial charge in [0.2, 0.25) is 0 Å². The SMILES string of the molecule is Clc1cc(Br)ccc1-c1nc(CNC2CC2)no1. The van der Waals surface area contributed by atoms with Gasteiger partial charge in [-0.25, -0.2) is 0 Å². The van der Waals surface area contributed by atoms with Crippen LogP contribution in [0.2, 0.25) is 5.02 Å². The fourth-order valence-electron chi connectivity index (χ4n) is 1.62. The van der Waals surface area contributed by atoms with Gasteiger partial charge < -0.3 is 9.84 Å². The molecule has 0 bridgehead atoms. The van der Waals surface area contributed by atoms with Crippen LogP contribution in [0.25, 0.3) is 11.5 Å². The van der Waals surface area contributed by atoms with Gasteiger partial charge in [-0.1, -0.05) is 32.7 Å². The van der Waals surface area contributed by atoms with E-state index in [1.165, 1.54) is 12.8 Å². The lowest BCUT2D eigenvalue weighted by molar-refractivity contribution is 0.419. The van der Waals surface area contributed by atoms with Gasteiger partial charge in [-0.05, 0) is 31.0 Å². The van der Waals surface area contributed by atoms with Gasteiger partial charge in [0.15, 0.2) is 5.82 Å². The van der Waals surface area contributed by atoms with E-state index >= 15 is 0 Å². The Balaban J connectivity index is 1.78. The number of benzene rings is 1. The third-order valence-corrected chi connectivity index (χ3v) is 3.56. The van der Waals surface area contributed by atoms with Crippen molar-refractivity contribution in [1.29, 1.82) is 0 Å². The van der Waals surface area contributed by atoms with Gasteiger partial charge in [-0.15, -0.1) is 0 Å². The van der Waals surface area contributed by atoms with Crippen LogP contribution in [-0.2, 0) is 6.54 Å². The lowest BCUT2D eigenvalue weighted by atomic mass is 10.2. The van der Waals surface area contributed by atoms with Crippen LogP contribution >= 0.6 is 27.5 Å². The first-order chi connectivity index (χ1) is 8.72. The summed E-state index contributed by atoms with van der Waals surface area (Å²) < 4.78 is 6.15. The zero-order valence-corrected chi connectivity index (χ0v) is 11.8. The Morgan fingerprint density at radius 1 is 1.44 bits per heavy atom. The molecule has 0 spiro atoms. The standard InChI is InChI=1S/C12H11BrClN3O/c13-7-1-4-9(10(14)5-7)12-16-11(17-18-12)6-15-8-2-3-8/h1,4-5,8,15H,2-3,6H2. The maximum atomic E-state index is 6.14. The van der Waals surface area contributed by atoms with E-state index in [1.54, 1.807) is 0 Å². The van der Waals surface area contributed by atoms with Crippen LogP contribution in [0.1, 0.15) is 18.7 Å². The van der Waals surface area contributed by atoms with Gasteiger partial charge in [-0.3, -0.25) is 0 Å². The lowest BCUT2D eigenvalue weighted by Crippen LogP contribution is -2.16. The molecule has 2 aromatic rings. The van der Waals surface area contributed by atoms with E-state index in [0.717, 1.165) is 10.0 Å². The Kier molecular flexibility index (Phi) is 3.37. The molecule has 3 rings (SSSR count). The molecule has 0 saturated heterocycles. The van der Waals surface area contributed by atoms with Crippen molar-refractivity contribution in [3.63, 3.8) is 0 Å². The van der Waals surface area contributed by atoms with Crippen LogP contribution in [-0.4, -0.2) is 16.2 Å². The molecule has 1 aliphatic rings. The molecule has 1 aromatic carbocycles. The number of hydrogen-bond acceptors (Lipinski definition) is 4. The molecular weight excluding hydrogens is 318 g/mol. The monoisotopic (exact) mass is 327 g/mol. The van der Waals surface area contributed by atoms with Crippen molar-refractivity contribution < 1.29 is 4.52 Å². The second kappa shape index (κ2) is 4.99. The molecule has 1 saturated carbocycles. The van der Waals surface area contributed by atoms with Gasteiger partial charge in [-0.2, -0.15) is 4.98 Å². The summed E-state index contributed by atoms with van der Waals surface area (Å²) in [6, 6.07) is 6.19. The van der Waals surface area contributed by atoms with E-state index in [2.05, 4.69) is 31.4 Å². The first-order valence-corrected chi connectivity index (χ1v) is 6.91. The van der Waals surface area contributed by atoms with Crippen molar-refractivity contribution >= 4 is 27.5 Å². The van der Waals surface area contributed by atoms with E-state index in [-0.39, 0.29) is 0 Å². The predicted molar refractivity (Wildman–Crippen MR) is 72.3 cm³/mol. The van der Waals surface area contributed by atoms with Crippen LogP contribution < -0.4 is 5.32 Å². The minimum Gasteiger partial charge on any atom is -0.334 e. The summed E-state index contributed by atoms with van der Waals surface area (Å²) in [5.41, 5.74) is 0.755. The van der Waals surface area contributed by atoms with Crippen LogP contribution in [0.4, 0.5) is 0 Å². The molecule has 1 fully saturated rings. The van der Waals surface area contributed by atoms with Crippen molar-refractivity contribution in [2.75, 3.05) is 0 Å². The minimum absolute atomic E-state index is 0.458. The van der Waals surface area contributed by atoms with E-state index < -0.39 is 0 Å². The normalized spacial score (nSPS) is 15.0. The highest BCUT2D eigenvalue weighted by Gasteiger charge is 2.21. The number of hydrogen-bond donors (Lipinski definition) is 1. The second-order valence-electron chi connectivity index (χ2n) is 4.30. The van der Waals surface area contributed by atoms with Gasteiger partial charge in [0.05, 0.1) is 17.1 Å². The summed E-state index contributed by atoms with van der Waals surface area (Å²) in [4.78, 5) is 4.33. The van der Waals surface area contributed by atoms with Crippen molar-refractivity contribution in [1.82, 2.24) is 15.5 Å². The van der Waals surface area contributed by atoms with Crippen molar-refractivity contribution in [3.05, 3.63) is 33.5 Å².